The number of nitrogens with one attached hydrogen (secondary N) is 1. The molecule has 112 valence electrons. The van der Waals surface area contributed by atoms with E-state index in [0.717, 1.165) is 35.8 Å². The molecule has 0 saturated carbocycles. The summed E-state index contributed by atoms with van der Waals surface area (Å²) in [6.07, 6.45) is 1.01. The van der Waals surface area contributed by atoms with Crippen molar-refractivity contribution in [2.45, 2.75) is 13.0 Å². The fourth-order valence-corrected chi connectivity index (χ4v) is 3.03. The number of nitrogens with zero attached hydrogens (tertiary/aromatic N) is 1. The number of thiazole rings is 1. The maximum absolute atomic E-state index is 12.9. The van der Waals surface area contributed by atoms with Gasteiger partial charge in [0.1, 0.15) is 10.8 Å². The van der Waals surface area contributed by atoms with Crippen molar-refractivity contribution < 1.29 is 4.39 Å². The summed E-state index contributed by atoms with van der Waals surface area (Å²) < 4.78 is 12.9. The SMILES string of the molecule is Fc1ccc(-c2nc(CNCCc3ccccc3)cs2)cc1. The molecule has 0 atom stereocenters. The van der Waals surface area contributed by atoms with Crippen molar-refractivity contribution in [2.75, 3.05) is 6.54 Å². The van der Waals surface area contributed by atoms with Crippen molar-refractivity contribution in [3.05, 3.63) is 77.1 Å². The van der Waals surface area contributed by atoms with Crippen LogP contribution in [0.1, 0.15) is 11.3 Å². The first-order valence-corrected chi connectivity index (χ1v) is 8.14. The fourth-order valence-electron chi connectivity index (χ4n) is 2.21. The van der Waals surface area contributed by atoms with Gasteiger partial charge in [0.2, 0.25) is 0 Å². The van der Waals surface area contributed by atoms with Crippen LogP contribution >= 0.6 is 11.3 Å². The van der Waals surface area contributed by atoms with E-state index in [9.17, 15) is 4.39 Å². The van der Waals surface area contributed by atoms with Crippen LogP contribution in [0, 0.1) is 5.82 Å². The zero-order chi connectivity index (χ0) is 15.2. The molecule has 0 fully saturated rings. The number of aromatic nitrogens is 1. The Morgan fingerprint density at radius 2 is 1.77 bits per heavy atom. The molecular formula is C18H17FN2S. The molecule has 22 heavy (non-hydrogen) atoms. The third-order valence-corrected chi connectivity index (χ3v) is 4.32. The molecule has 2 nitrogen and oxygen atoms in total. The molecule has 1 aromatic heterocycles. The van der Waals surface area contributed by atoms with Gasteiger partial charge in [0.05, 0.1) is 5.69 Å². The van der Waals surface area contributed by atoms with Crippen molar-refractivity contribution in [3.63, 3.8) is 0 Å². The highest BCUT2D eigenvalue weighted by atomic mass is 32.1. The van der Waals surface area contributed by atoms with Crippen LogP contribution in [0.15, 0.2) is 60.0 Å². The van der Waals surface area contributed by atoms with Crippen molar-refractivity contribution in [2.24, 2.45) is 0 Å². The molecule has 2 aromatic carbocycles. The Morgan fingerprint density at radius 3 is 2.55 bits per heavy atom. The lowest BCUT2D eigenvalue weighted by molar-refractivity contribution is 0.628. The fraction of sp³-hybridized carbons (Fsp3) is 0.167. The Hall–Kier alpha value is -2.04. The maximum atomic E-state index is 12.9. The average molecular weight is 312 g/mol. The second kappa shape index (κ2) is 7.29. The van der Waals surface area contributed by atoms with Gasteiger partial charge < -0.3 is 5.32 Å². The molecule has 0 bridgehead atoms. The molecule has 0 aliphatic heterocycles. The minimum Gasteiger partial charge on any atom is -0.311 e. The van der Waals surface area contributed by atoms with Gasteiger partial charge in [-0.2, -0.15) is 0 Å². The first-order chi connectivity index (χ1) is 10.8. The first-order valence-electron chi connectivity index (χ1n) is 7.26. The van der Waals surface area contributed by atoms with Crippen LogP contribution in [0.5, 0.6) is 0 Å². The molecule has 3 rings (SSSR count). The van der Waals surface area contributed by atoms with E-state index >= 15 is 0 Å². The van der Waals surface area contributed by atoms with Crippen LogP contribution in [0.2, 0.25) is 0 Å². The van der Waals surface area contributed by atoms with E-state index < -0.39 is 0 Å². The molecule has 0 aliphatic rings. The second-order valence-corrected chi connectivity index (χ2v) is 5.92. The molecule has 1 heterocycles. The molecule has 0 saturated heterocycles. The Kier molecular flexibility index (Phi) is 4.93. The van der Waals surface area contributed by atoms with Gasteiger partial charge in [-0.15, -0.1) is 11.3 Å². The van der Waals surface area contributed by atoms with Crippen LogP contribution in [-0.4, -0.2) is 11.5 Å². The highest BCUT2D eigenvalue weighted by Gasteiger charge is 2.04. The molecule has 0 amide bonds. The topological polar surface area (TPSA) is 24.9 Å². The highest BCUT2D eigenvalue weighted by molar-refractivity contribution is 7.13. The number of halogens is 1. The Balaban J connectivity index is 1.50. The standard InChI is InChI=1S/C18H17FN2S/c19-16-8-6-15(7-9-16)18-21-17(13-22-18)12-20-11-10-14-4-2-1-3-5-14/h1-9,13,20H,10-12H2. The Bertz CT molecular complexity index is 707. The third-order valence-electron chi connectivity index (χ3n) is 3.38. The minimum atomic E-state index is -0.219. The number of benzene rings is 2. The number of hydrogen-bond donors (Lipinski definition) is 1. The van der Waals surface area contributed by atoms with E-state index in [0.29, 0.717) is 0 Å². The van der Waals surface area contributed by atoms with Gasteiger partial charge in [-0.3, -0.25) is 0 Å². The largest absolute Gasteiger partial charge is 0.311 e. The first kappa shape index (κ1) is 14.9. The summed E-state index contributed by atoms with van der Waals surface area (Å²) in [6, 6.07) is 16.9. The van der Waals surface area contributed by atoms with Crippen molar-refractivity contribution >= 4 is 11.3 Å². The lowest BCUT2D eigenvalue weighted by atomic mass is 10.1. The molecule has 0 unspecified atom stereocenters. The van der Waals surface area contributed by atoms with Gasteiger partial charge in [-0.1, -0.05) is 30.3 Å². The summed E-state index contributed by atoms with van der Waals surface area (Å²) in [4.78, 5) is 4.59. The lowest BCUT2D eigenvalue weighted by Crippen LogP contribution is -2.16. The van der Waals surface area contributed by atoms with E-state index in [4.69, 9.17) is 0 Å². The summed E-state index contributed by atoms with van der Waals surface area (Å²) in [5.74, 6) is -0.219. The van der Waals surface area contributed by atoms with Crippen molar-refractivity contribution in [1.82, 2.24) is 10.3 Å². The monoisotopic (exact) mass is 312 g/mol. The van der Waals surface area contributed by atoms with Crippen LogP contribution in [0.4, 0.5) is 4.39 Å². The Labute approximate surface area is 133 Å². The molecular weight excluding hydrogens is 295 g/mol. The zero-order valence-corrected chi connectivity index (χ0v) is 12.9. The number of hydrogen-bond acceptors (Lipinski definition) is 3. The smallest absolute Gasteiger partial charge is 0.123 e. The predicted octanol–water partition coefficient (Wildman–Crippen LogP) is 4.28. The normalized spacial score (nSPS) is 10.8. The molecule has 4 heteroatoms. The maximum Gasteiger partial charge on any atom is 0.123 e. The summed E-state index contributed by atoms with van der Waals surface area (Å²) in [5, 5.41) is 6.39. The molecule has 3 aromatic rings. The van der Waals surface area contributed by atoms with E-state index in [1.807, 2.05) is 11.4 Å². The quantitative estimate of drug-likeness (QED) is 0.687. The van der Waals surface area contributed by atoms with Gasteiger partial charge in [0, 0.05) is 17.5 Å². The van der Waals surface area contributed by atoms with E-state index in [-0.39, 0.29) is 5.82 Å². The van der Waals surface area contributed by atoms with Gasteiger partial charge in [-0.25, -0.2) is 9.37 Å². The second-order valence-electron chi connectivity index (χ2n) is 5.06. The minimum absolute atomic E-state index is 0.219. The van der Waals surface area contributed by atoms with Crippen LogP contribution in [-0.2, 0) is 13.0 Å². The van der Waals surface area contributed by atoms with E-state index in [1.54, 1.807) is 23.5 Å². The summed E-state index contributed by atoms with van der Waals surface area (Å²) in [5.41, 5.74) is 3.32. The van der Waals surface area contributed by atoms with Gasteiger partial charge >= 0.3 is 0 Å². The van der Waals surface area contributed by atoms with E-state index in [2.05, 4.69) is 34.6 Å². The summed E-state index contributed by atoms with van der Waals surface area (Å²) in [6.45, 7) is 1.68. The molecule has 0 spiro atoms. The van der Waals surface area contributed by atoms with E-state index in [1.165, 1.54) is 17.7 Å². The predicted molar refractivity (Wildman–Crippen MR) is 89.4 cm³/mol. The number of rotatable bonds is 6. The van der Waals surface area contributed by atoms with Crippen LogP contribution in [0.3, 0.4) is 0 Å². The van der Waals surface area contributed by atoms with Crippen molar-refractivity contribution in [3.8, 4) is 10.6 Å². The highest BCUT2D eigenvalue weighted by Crippen LogP contribution is 2.23. The zero-order valence-electron chi connectivity index (χ0n) is 12.1. The summed E-state index contributed by atoms with van der Waals surface area (Å²) >= 11 is 1.59. The van der Waals surface area contributed by atoms with Gasteiger partial charge in [0.15, 0.2) is 0 Å². The molecule has 1 N–H and O–H groups in total. The summed E-state index contributed by atoms with van der Waals surface area (Å²) in [7, 11) is 0. The Morgan fingerprint density at radius 1 is 1.00 bits per heavy atom. The third kappa shape index (κ3) is 4.00. The van der Waals surface area contributed by atoms with Crippen LogP contribution in [0.25, 0.3) is 10.6 Å². The molecule has 0 radical (unpaired) electrons. The van der Waals surface area contributed by atoms with Gasteiger partial charge in [-0.05, 0) is 42.8 Å². The van der Waals surface area contributed by atoms with Gasteiger partial charge in [0.25, 0.3) is 0 Å². The molecule has 0 aliphatic carbocycles. The van der Waals surface area contributed by atoms with Crippen LogP contribution < -0.4 is 5.32 Å². The lowest BCUT2D eigenvalue weighted by Gasteiger charge is -2.03. The average Bonchev–Trinajstić information content (AvgIpc) is 3.02. The van der Waals surface area contributed by atoms with Crippen molar-refractivity contribution in [1.29, 1.82) is 0 Å².